The Morgan fingerprint density at radius 2 is 1.81 bits per heavy atom. The molecule has 2 aliphatic heterocycles. The second kappa shape index (κ2) is 9.68. The lowest BCUT2D eigenvalue weighted by atomic mass is 10.3. The molecule has 0 unspecified atom stereocenters. The van der Waals surface area contributed by atoms with Gasteiger partial charge in [0.05, 0.1) is 31.7 Å². The van der Waals surface area contributed by atoms with Crippen LogP contribution in [0.15, 0.2) is 39.8 Å². The van der Waals surface area contributed by atoms with Crippen LogP contribution in [0.5, 0.6) is 5.75 Å². The number of anilines is 2. The maximum atomic E-state index is 13.3. The van der Waals surface area contributed by atoms with Crippen molar-refractivity contribution in [3.8, 4) is 5.75 Å². The Kier molecular flexibility index (Phi) is 6.95. The van der Waals surface area contributed by atoms with E-state index in [1.54, 1.807) is 24.4 Å². The van der Waals surface area contributed by atoms with Crippen molar-refractivity contribution in [2.45, 2.75) is 11.8 Å². The van der Waals surface area contributed by atoms with Gasteiger partial charge in [0.15, 0.2) is 5.82 Å². The number of sulfonamides is 1. The molecule has 0 amide bonds. The molecular weight excluding hydrogens is 486 g/mol. The van der Waals surface area contributed by atoms with Gasteiger partial charge in [0.2, 0.25) is 10.0 Å². The lowest BCUT2D eigenvalue weighted by Gasteiger charge is -2.36. The predicted octanol–water partition coefficient (Wildman–Crippen LogP) is 1.99. The molecular formula is C20H26BrN5O4S. The first-order chi connectivity index (χ1) is 15.0. The Labute approximate surface area is 191 Å². The van der Waals surface area contributed by atoms with Crippen LogP contribution >= 0.6 is 15.9 Å². The number of benzene rings is 1. The first kappa shape index (κ1) is 22.3. The lowest BCUT2D eigenvalue weighted by molar-refractivity contribution is 0.122. The molecule has 9 nitrogen and oxygen atoms in total. The van der Waals surface area contributed by atoms with Crippen LogP contribution in [0.25, 0.3) is 0 Å². The molecule has 1 aromatic carbocycles. The monoisotopic (exact) mass is 511 g/mol. The van der Waals surface area contributed by atoms with Gasteiger partial charge in [0.1, 0.15) is 10.6 Å². The van der Waals surface area contributed by atoms with E-state index >= 15 is 0 Å². The minimum Gasteiger partial charge on any atom is -0.492 e. The van der Waals surface area contributed by atoms with Gasteiger partial charge in [-0.2, -0.15) is 9.40 Å². The number of hydrogen-bond acceptors (Lipinski definition) is 8. The highest BCUT2D eigenvalue weighted by Gasteiger charge is 2.31. The van der Waals surface area contributed by atoms with Crippen LogP contribution in [0, 0.1) is 0 Å². The van der Waals surface area contributed by atoms with Gasteiger partial charge in [-0.15, -0.1) is 5.10 Å². The summed E-state index contributed by atoms with van der Waals surface area (Å²) < 4.78 is 39.8. The average Bonchev–Trinajstić information content (AvgIpc) is 2.81. The molecule has 1 aromatic heterocycles. The third-order valence-electron chi connectivity index (χ3n) is 5.39. The standard InChI is InChI=1S/C20H26BrN5O4S/c1-2-30-18-4-3-16(21)13-19(18)31(27,28)26-7-5-24(6-8-26)17-14-20(23-22-15-17)25-9-11-29-12-10-25/h3-4,13-15H,2,5-12H2,1H3. The Morgan fingerprint density at radius 3 is 2.52 bits per heavy atom. The third kappa shape index (κ3) is 4.94. The number of nitrogens with zero attached hydrogens (tertiary/aromatic N) is 5. The molecule has 0 radical (unpaired) electrons. The van der Waals surface area contributed by atoms with Crippen molar-refractivity contribution in [2.24, 2.45) is 0 Å². The van der Waals surface area contributed by atoms with E-state index in [0.717, 1.165) is 24.6 Å². The number of rotatable bonds is 6. The number of piperazine rings is 1. The molecule has 0 aliphatic carbocycles. The summed E-state index contributed by atoms with van der Waals surface area (Å²) in [5.41, 5.74) is 0.950. The van der Waals surface area contributed by atoms with Gasteiger partial charge in [-0.3, -0.25) is 0 Å². The summed E-state index contributed by atoms with van der Waals surface area (Å²) in [6, 6.07) is 7.09. The van der Waals surface area contributed by atoms with Crippen LogP contribution in [-0.2, 0) is 14.8 Å². The summed E-state index contributed by atoms with van der Waals surface area (Å²) in [6.45, 7) is 7.10. The van der Waals surface area contributed by atoms with E-state index in [1.807, 2.05) is 13.0 Å². The molecule has 2 fully saturated rings. The fourth-order valence-corrected chi connectivity index (χ4v) is 5.84. The van der Waals surface area contributed by atoms with Crippen molar-refractivity contribution in [1.82, 2.24) is 14.5 Å². The largest absolute Gasteiger partial charge is 0.492 e. The summed E-state index contributed by atoms with van der Waals surface area (Å²) in [6.07, 6.45) is 1.73. The quantitative estimate of drug-likeness (QED) is 0.581. The zero-order chi connectivity index (χ0) is 21.8. The predicted molar refractivity (Wildman–Crippen MR) is 121 cm³/mol. The SMILES string of the molecule is CCOc1ccc(Br)cc1S(=O)(=O)N1CCN(c2cnnc(N3CCOCC3)c2)CC1. The fraction of sp³-hybridized carbons (Fsp3) is 0.500. The van der Waals surface area contributed by atoms with Crippen molar-refractivity contribution in [3.05, 3.63) is 34.9 Å². The minimum atomic E-state index is -3.67. The molecule has 0 N–H and O–H groups in total. The van der Waals surface area contributed by atoms with Crippen molar-refractivity contribution in [3.63, 3.8) is 0 Å². The minimum absolute atomic E-state index is 0.192. The summed E-state index contributed by atoms with van der Waals surface area (Å²) >= 11 is 3.37. The molecule has 0 spiro atoms. The molecule has 2 aliphatic rings. The van der Waals surface area contributed by atoms with E-state index in [1.165, 1.54) is 4.31 Å². The highest BCUT2D eigenvalue weighted by atomic mass is 79.9. The molecule has 4 rings (SSSR count). The normalized spacial score (nSPS) is 18.3. The summed E-state index contributed by atoms with van der Waals surface area (Å²) in [5.74, 6) is 1.20. The third-order valence-corrected chi connectivity index (χ3v) is 7.80. The van der Waals surface area contributed by atoms with Crippen LogP contribution in [0.4, 0.5) is 11.5 Å². The number of hydrogen-bond donors (Lipinski definition) is 0. The van der Waals surface area contributed by atoms with Gasteiger partial charge in [-0.1, -0.05) is 15.9 Å². The van der Waals surface area contributed by atoms with E-state index in [0.29, 0.717) is 56.2 Å². The van der Waals surface area contributed by atoms with Crippen molar-refractivity contribution in [2.75, 3.05) is 68.9 Å². The maximum Gasteiger partial charge on any atom is 0.246 e. The van der Waals surface area contributed by atoms with Crippen molar-refractivity contribution < 1.29 is 17.9 Å². The first-order valence-electron chi connectivity index (χ1n) is 10.3. The average molecular weight is 512 g/mol. The number of halogens is 1. The molecule has 0 atom stereocenters. The first-order valence-corrected chi connectivity index (χ1v) is 12.5. The van der Waals surface area contributed by atoms with E-state index < -0.39 is 10.0 Å². The number of morpholine rings is 1. The summed E-state index contributed by atoms with van der Waals surface area (Å²) in [7, 11) is -3.67. The van der Waals surface area contributed by atoms with Crippen LogP contribution in [-0.4, -0.2) is 82.0 Å². The van der Waals surface area contributed by atoms with E-state index in [2.05, 4.69) is 35.9 Å². The fourth-order valence-electron chi connectivity index (χ4n) is 3.75. The second-order valence-corrected chi connectivity index (χ2v) is 10.1. The van der Waals surface area contributed by atoms with Crippen LogP contribution < -0.4 is 14.5 Å². The van der Waals surface area contributed by atoms with Gasteiger partial charge in [0, 0.05) is 49.8 Å². The van der Waals surface area contributed by atoms with E-state index in [4.69, 9.17) is 9.47 Å². The Morgan fingerprint density at radius 1 is 1.06 bits per heavy atom. The van der Waals surface area contributed by atoms with Crippen molar-refractivity contribution >= 4 is 37.5 Å². The number of ether oxygens (including phenoxy) is 2. The molecule has 0 bridgehead atoms. The smallest absolute Gasteiger partial charge is 0.246 e. The zero-order valence-corrected chi connectivity index (χ0v) is 19.8. The van der Waals surface area contributed by atoms with E-state index in [-0.39, 0.29) is 4.90 Å². The molecule has 2 aromatic rings. The Bertz CT molecular complexity index is 1010. The lowest BCUT2D eigenvalue weighted by Crippen LogP contribution is -2.48. The van der Waals surface area contributed by atoms with Crippen LogP contribution in [0.3, 0.4) is 0 Å². The topological polar surface area (TPSA) is 88.1 Å². The molecule has 31 heavy (non-hydrogen) atoms. The highest BCUT2D eigenvalue weighted by Crippen LogP contribution is 2.31. The van der Waals surface area contributed by atoms with Gasteiger partial charge in [0.25, 0.3) is 0 Å². The molecule has 168 valence electrons. The molecule has 3 heterocycles. The van der Waals surface area contributed by atoms with Gasteiger partial charge < -0.3 is 19.3 Å². The Hall–Kier alpha value is -1.95. The second-order valence-electron chi connectivity index (χ2n) is 7.29. The van der Waals surface area contributed by atoms with Crippen molar-refractivity contribution in [1.29, 1.82) is 0 Å². The maximum absolute atomic E-state index is 13.3. The van der Waals surface area contributed by atoms with Gasteiger partial charge in [-0.05, 0) is 25.1 Å². The Balaban J connectivity index is 1.47. The summed E-state index contributed by atoms with van der Waals surface area (Å²) in [5, 5.41) is 8.42. The number of aromatic nitrogens is 2. The van der Waals surface area contributed by atoms with Crippen LogP contribution in [0.2, 0.25) is 0 Å². The molecule has 2 saturated heterocycles. The van der Waals surface area contributed by atoms with Crippen LogP contribution in [0.1, 0.15) is 6.92 Å². The highest BCUT2D eigenvalue weighted by molar-refractivity contribution is 9.10. The molecule has 11 heteroatoms. The van der Waals surface area contributed by atoms with E-state index in [9.17, 15) is 8.42 Å². The van der Waals surface area contributed by atoms with Gasteiger partial charge in [-0.25, -0.2) is 8.42 Å². The summed E-state index contributed by atoms with van der Waals surface area (Å²) in [4.78, 5) is 4.50. The van der Waals surface area contributed by atoms with Gasteiger partial charge >= 0.3 is 0 Å². The zero-order valence-electron chi connectivity index (χ0n) is 17.4. The molecule has 0 saturated carbocycles.